The fourth-order valence-corrected chi connectivity index (χ4v) is 2.24. The lowest BCUT2D eigenvalue weighted by atomic mass is 9.96. The predicted molar refractivity (Wildman–Crippen MR) is 77.0 cm³/mol. The summed E-state index contributed by atoms with van der Waals surface area (Å²) >= 11 is 3.51. The molecule has 1 aromatic heterocycles. The molecule has 0 saturated heterocycles. The van der Waals surface area contributed by atoms with Crippen LogP contribution in [0.4, 0.5) is 0 Å². The largest absolute Gasteiger partial charge is 0.271 e. The summed E-state index contributed by atoms with van der Waals surface area (Å²) in [5, 5.41) is 0. The molecule has 2 rings (SSSR count). The molecule has 1 atom stereocenters. The summed E-state index contributed by atoms with van der Waals surface area (Å²) in [6.07, 6.45) is 3.65. The van der Waals surface area contributed by atoms with Gasteiger partial charge in [0, 0.05) is 16.9 Å². The summed E-state index contributed by atoms with van der Waals surface area (Å²) < 4.78 is 1.10. The maximum atomic E-state index is 5.70. The van der Waals surface area contributed by atoms with Crippen LogP contribution in [0.2, 0.25) is 0 Å². The van der Waals surface area contributed by atoms with Gasteiger partial charge in [-0.05, 0) is 48.2 Å². The highest BCUT2D eigenvalue weighted by Gasteiger charge is 2.15. The maximum absolute atomic E-state index is 5.70. The number of rotatable bonds is 3. The molecule has 0 aliphatic carbocycles. The second-order valence-electron chi connectivity index (χ2n) is 4.34. The van der Waals surface area contributed by atoms with Crippen LogP contribution in [0, 0.1) is 13.8 Å². The van der Waals surface area contributed by atoms with E-state index in [0.717, 1.165) is 15.6 Å². The molecule has 1 heterocycles. The Labute approximate surface area is 116 Å². The lowest BCUT2D eigenvalue weighted by molar-refractivity contribution is 0.631. The molecule has 1 unspecified atom stereocenters. The standard InChI is InChI=1S/C14H16BrN3/c1-9-5-6-17-8-12(9)14(18-16)11-3-4-13(15)10(2)7-11/h3-8,14,18H,16H2,1-2H3. The van der Waals surface area contributed by atoms with Crippen LogP contribution < -0.4 is 11.3 Å². The van der Waals surface area contributed by atoms with Gasteiger partial charge in [-0.2, -0.15) is 0 Å². The number of aryl methyl sites for hydroxylation is 2. The van der Waals surface area contributed by atoms with E-state index in [1.807, 2.05) is 18.3 Å². The second-order valence-corrected chi connectivity index (χ2v) is 5.19. The van der Waals surface area contributed by atoms with Crippen molar-refractivity contribution >= 4 is 15.9 Å². The Morgan fingerprint density at radius 2 is 2.00 bits per heavy atom. The van der Waals surface area contributed by atoms with Crippen molar-refractivity contribution in [3.63, 3.8) is 0 Å². The molecule has 0 saturated carbocycles. The number of nitrogens with one attached hydrogen (secondary N) is 1. The molecular formula is C14H16BrN3. The molecule has 3 nitrogen and oxygen atoms in total. The molecule has 0 aliphatic rings. The third kappa shape index (κ3) is 2.61. The monoisotopic (exact) mass is 305 g/mol. The van der Waals surface area contributed by atoms with E-state index in [0.29, 0.717) is 0 Å². The highest BCUT2D eigenvalue weighted by Crippen LogP contribution is 2.26. The minimum absolute atomic E-state index is 0.0366. The Kier molecular flexibility index (Phi) is 4.11. The molecule has 0 spiro atoms. The SMILES string of the molecule is Cc1cc(C(NN)c2cnccc2C)ccc1Br. The van der Waals surface area contributed by atoms with Crippen molar-refractivity contribution in [2.24, 2.45) is 5.84 Å². The number of hydrazine groups is 1. The lowest BCUT2D eigenvalue weighted by Gasteiger charge is -2.19. The zero-order valence-corrected chi connectivity index (χ0v) is 12.0. The molecule has 0 bridgehead atoms. The Hall–Kier alpha value is -1.23. The van der Waals surface area contributed by atoms with Gasteiger partial charge in [-0.1, -0.05) is 28.1 Å². The number of hydrogen-bond donors (Lipinski definition) is 2. The Morgan fingerprint density at radius 3 is 2.61 bits per heavy atom. The van der Waals surface area contributed by atoms with Crippen LogP contribution in [0.3, 0.4) is 0 Å². The van der Waals surface area contributed by atoms with Crippen LogP contribution in [0.5, 0.6) is 0 Å². The van der Waals surface area contributed by atoms with Gasteiger partial charge < -0.3 is 0 Å². The molecule has 2 aromatic rings. The van der Waals surface area contributed by atoms with Gasteiger partial charge in [0.2, 0.25) is 0 Å². The Balaban J connectivity index is 2.45. The first-order valence-corrected chi connectivity index (χ1v) is 6.55. The Morgan fingerprint density at radius 1 is 1.22 bits per heavy atom. The highest BCUT2D eigenvalue weighted by atomic mass is 79.9. The van der Waals surface area contributed by atoms with Crippen molar-refractivity contribution in [2.45, 2.75) is 19.9 Å². The number of hydrogen-bond acceptors (Lipinski definition) is 3. The average molecular weight is 306 g/mol. The van der Waals surface area contributed by atoms with Crippen LogP contribution >= 0.6 is 15.9 Å². The summed E-state index contributed by atoms with van der Waals surface area (Å²) in [6.45, 7) is 4.13. The third-order valence-corrected chi connectivity index (χ3v) is 3.96. The van der Waals surface area contributed by atoms with Crippen molar-refractivity contribution in [3.05, 3.63) is 63.4 Å². The first-order valence-electron chi connectivity index (χ1n) is 5.76. The zero-order valence-electron chi connectivity index (χ0n) is 10.4. The molecule has 0 radical (unpaired) electrons. The van der Waals surface area contributed by atoms with E-state index < -0.39 is 0 Å². The van der Waals surface area contributed by atoms with E-state index in [-0.39, 0.29) is 6.04 Å². The topological polar surface area (TPSA) is 50.9 Å². The number of nitrogens with two attached hydrogens (primary N) is 1. The number of benzene rings is 1. The van der Waals surface area contributed by atoms with Gasteiger partial charge in [0.1, 0.15) is 0 Å². The average Bonchev–Trinajstić information content (AvgIpc) is 2.37. The minimum atomic E-state index is -0.0366. The van der Waals surface area contributed by atoms with Crippen molar-refractivity contribution in [3.8, 4) is 0 Å². The number of nitrogens with zero attached hydrogens (tertiary/aromatic N) is 1. The fraction of sp³-hybridized carbons (Fsp3) is 0.214. The fourth-order valence-electron chi connectivity index (χ4n) is 1.99. The summed E-state index contributed by atoms with van der Waals surface area (Å²) in [5.41, 5.74) is 7.46. The van der Waals surface area contributed by atoms with Gasteiger partial charge in [-0.3, -0.25) is 10.8 Å². The summed E-state index contributed by atoms with van der Waals surface area (Å²) in [5.74, 6) is 5.70. The summed E-state index contributed by atoms with van der Waals surface area (Å²) in [6, 6.07) is 8.19. The van der Waals surface area contributed by atoms with Crippen molar-refractivity contribution in [2.75, 3.05) is 0 Å². The van der Waals surface area contributed by atoms with Crippen LogP contribution in [-0.4, -0.2) is 4.98 Å². The molecular weight excluding hydrogens is 290 g/mol. The van der Waals surface area contributed by atoms with Crippen molar-refractivity contribution < 1.29 is 0 Å². The molecule has 3 N–H and O–H groups in total. The van der Waals surface area contributed by atoms with E-state index >= 15 is 0 Å². The van der Waals surface area contributed by atoms with Crippen LogP contribution in [-0.2, 0) is 0 Å². The predicted octanol–water partition coefficient (Wildman–Crippen LogP) is 3.01. The minimum Gasteiger partial charge on any atom is -0.271 e. The van der Waals surface area contributed by atoms with Crippen LogP contribution in [0.25, 0.3) is 0 Å². The highest BCUT2D eigenvalue weighted by molar-refractivity contribution is 9.10. The second kappa shape index (κ2) is 5.61. The van der Waals surface area contributed by atoms with Crippen LogP contribution in [0.1, 0.15) is 28.3 Å². The van der Waals surface area contributed by atoms with Gasteiger partial charge >= 0.3 is 0 Å². The zero-order chi connectivity index (χ0) is 13.1. The van der Waals surface area contributed by atoms with Crippen molar-refractivity contribution in [1.82, 2.24) is 10.4 Å². The van der Waals surface area contributed by atoms with Gasteiger partial charge in [0.05, 0.1) is 6.04 Å². The number of aromatic nitrogens is 1. The molecule has 1 aromatic carbocycles. The molecule has 0 amide bonds. The van der Waals surface area contributed by atoms with E-state index in [4.69, 9.17) is 5.84 Å². The molecule has 18 heavy (non-hydrogen) atoms. The van der Waals surface area contributed by atoms with E-state index in [1.54, 1.807) is 6.20 Å². The number of halogens is 1. The van der Waals surface area contributed by atoms with Crippen molar-refractivity contribution in [1.29, 1.82) is 0 Å². The quantitative estimate of drug-likeness (QED) is 0.677. The third-order valence-electron chi connectivity index (χ3n) is 3.07. The van der Waals surface area contributed by atoms with Gasteiger partial charge in [0.25, 0.3) is 0 Å². The normalized spacial score (nSPS) is 12.4. The molecule has 0 aliphatic heterocycles. The van der Waals surface area contributed by atoms with Crippen LogP contribution in [0.15, 0.2) is 41.1 Å². The van der Waals surface area contributed by atoms with E-state index in [1.165, 1.54) is 11.1 Å². The maximum Gasteiger partial charge on any atom is 0.0727 e. The molecule has 4 heteroatoms. The van der Waals surface area contributed by atoms with Gasteiger partial charge in [-0.15, -0.1) is 0 Å². The molecule has 94 valence electrons. The summed E-state index contributed by atoms with van der Waals surface area (Å²) in [7, 11) is 0. The van der Waals surface area contributed by atoms with Gasteiger partial charge in [0.15, 0.2) is 0 Å². The Bertz CT molecular complexity index is 554. The van der Waals surface area contributed by atoms with E-state index in [9.17, 15) is 0 Å². The molecule has 0 fully saturated rings. The van der Waals surface area contributed by atoms with E-state index in [2.05, 4.69) is 52.3 Å². The number of pyridine rings is 1. The van der Waals surface area contributed by atoms with Gasteiger partial charge in [-0.25, -0.2) is 5.43 Å². The first-order chi connectivity index (χ1) is 8.63. The summed E-state index contributed by atoms with van der Waals surface area (Å²) in [4.78, 5) is 4.18. The first kappa shape index (κ1) is 13.2. The smallest absolute Gasteiger partial charge is 0.0727 e. The lowest BCUT2D eigenvalue weighted by Crippen LogP contribution is -2.29.